The smallest absolute Gasteiger partial charge is 0.320 e. The Morgan fingerprint density at radius 1 is 1.13 bits per heavy atom. The van der Waals surface area contributed by atoms with Crippen molar-refractivity contribution >= 4 is 29.6 Å². The Balaban J connectivity index is 2.49. The largest absolute Gasteiger partial charge is 0.481 e. The average molecular weight is 458 g/mol. The predicted molar refractivity (Wildman–Crippen MR) is 114 cm³/mol. The zero-order valence-corrected chi connectivity index (χ0v) is 19.3. The van der Waals surface area contributed by atoms with Gasteiger partial charge in [-0.05, 0) is 36.5 Å². The van der Waals surface area contributed by atoms with Crippen LogP contribution in [-0.2, 0) is 14.4 Å². The lowest BCUT2D eigenvalue weighted by molar-refractivity contribution is -0.155. The monoisotopic (exact) mass is 457 g/mol. The van der Waals surface area contributed by atoms with Crippen molar-refractivity contribution in [3.05, 3.63) is 35.4 Å². The molecule has 5 unspecified atom stereocenters. The van der Waals surface area contributed by atoms with Crippen LogP contribution in [0, 0.1) is 28.4 Å². The first-order chi connectivity index (χ1) is 14.1. The van der Waals surface area contributed by atoms with Crippen molar-refractivity contribution in [3.8, 4) is 0 Å². The average Bonchev–Trinajstić information content (AvgIpc) is 2.85. The van der Waals surface area contributed by atoms with Gasteiger partial charge in [-0.15, -0.1) is 11.8 Å². The minimum atomic E-state index is -1.59. The van der Waals surface area contributed by atoms with Crippen LogP contribution in [0.2, 0.25) is 0 Å². The Labute approximate surface area is 184 Å². The van der Waals surface area contributed by atoms with Crippen molar-refractivity contribution in [1.29, 1.82) is 0 Å². The molecule has 0 bridgehead atoms. The number of carbonyl (C=O) groups excluding carboxylic acids is 1. The van der Waals surface area contributed by atoms with Crippen LogP contribution in [0.3, 0.4) is 0 Å². The first-order valence-corrected chi connectivity index (χ1v) is 10.9. The Morgan fingerprint density at radius 2 is 1.65 bits per heavy atom. The molecule has 172 valence electrons. The molecule has 1 heterocycles. The third-order valence-corrected chi connectivity index (χ3v) is 8.89. The summed E-state index contributed by atoms with van der Waals surface area (Å²) in [6, 6.07) is 2.83. The fourth-order valence-corrected chi connectivity index (χ4v) is 6.50. The fraction of sp³-hybridized carbons (Fsp3) is 0.591. The van der Waals surface area contributed by atoms with Crippen LogP contribution in [0.1, 0.15) is 59.4 Å². The Kier molecular flexibility index (Phi) is 6.81. The van der Waals surface area contributed by atoms with Gasteiger partial charge in [-0.3, -0.25) is 14.4 Å². The summed E-state index contributed by atoms with van der Waals surface area (Å²) in [5.74, 6) is -6.39. The van der Waals surface area contributed by atoms with E-state index in [4.69, 9.17) is 0 Å². The van der Waals surface area contributed by atoms with Crippen molar-refractivity contribution in [3.63, 3.8) is 0 Å². The number of hydrogen-bond donors (Lipinski definition) is 3. The lowest BCUT2D eigenvalue weighted by Gasteiger charge is -2.42. The fourth-order valence-electron chi connectivity index (χ4n) is 4.50. The van der Waals surface area contributed by atoms with Gasteiger partial charge in [0.25, 0.3) is 0 Å². The number of halogens is 2. The van der Waals surface area contributed by atoms with Crippen LogP contribution in [0.25, 0.3) is 0 Å². The van der Waals surface area contributed by atoms with E-state index >= 15 is 0 Å². The van der Waals surface area contributed by atoms with Crippen molar-refractivity contribution in [2.75, 3.05) is 0 Å². The minimum Gasteiger partial charge on any atom is -0.481 e. The van der Waals surface area contributed by atoms with Crippen LogP contribution < -0.4 is 5.32 Å². The quantitative estimate of drug-likeness (QED) is 0.590. The number of amides is 1. The van der Waals surface area contributed by atoms with E-state index in [1.165, 1.54) is 6.92 Å². The molecule has 6 nitrogen and oxygen atoms in total. The molecule has 2 rings (SSSR count). The second-order valence-corrected chi connectivity index (χ2v) is 10.6. The van der Waals surface area contributed by atoms with Crippen LogP contribution in [-0.4, -0.2) is 38.2 Å². The number of hydrogen-bond acceptors (Lipinski definition) is 4. The van der Waals surface area contributed by atoms with Crippen molar-refractivity contribution in [2.24, 2.45) is 16.7 Å². The van der Waals surface area contributed by atoms with E-state index in [9.17, 15) is 33.4 Å². The molecule has 9 heteroatoms. The Hall–Kier alpha value is -2.16. The zero-order chi connectivity index (χ0) is 23.9. The predicted octanol–water partition coefficient (Wildman–Crippen LogP) is 4.24. The number of thioether (sulfide) groups is 1. The number of aliphatic carboxylic acids is 2. The third-order valence-electron chi connectivity index (χ3n) is 6.54. The van der Waals surface area contributed by atoms with Gasteiger partial charge in [-0.1, -0.05) is 34.6 Å². The highest BCUT2D eigenvalue weighted by atomic mass is 32.2. The van der Waals surface area contributed by atoms with E-state index in [0.29, 0.717) is 6.07 Å². The standard InChI is InChI=1S/C22H29F2NO5S/c1-7-15(12-8-13(23)10-14(24)9-12)16(26)25-17-21(6,18(27)28)11(2)22(31-17,19(29)30)20(3,4)5/h8-11,15,17H,7H2,1-6H3,(H,25,26)(H,27,28)(H,29,30). The molecule has 1 aromatic carbocycles. The molecule has 3 N–H and O–H groups in total. The van der Waals surface area contributed by atoms with E-state index in [-0.39, 0.29) is 12.0 Å². The van der Waals surface area contributed by atoms with Crippen LogP contribution in [0.4, 0.5) is 8.78 Å². The maximum atomic E-state index is 13.7. The van der Waals surface area contributed by atoms with Crippen molar-refractivity contribution < 1.29 is 33.4 Å². The Bertz CT molecular complexity index is 882. The van der Waals surface area contributed by atoms with Gasteiger partial charge in [0.15, 0.2) is 0 Å². The summed E-state index contributed by atoms with van der Waals surface area (Å²) in [6.07, 6.45) is 0.217. The highest BCUT2D eigenvalue weighted by molar-refractivity contribution is 8.02. The summed E-state index contributed by atoms with van der Waals surface area (Å²) >= 11 is 0.914. The van der Waals surface area contributed by atoms with Gasteiger partial charge in [0.05, 0.1) is 16.7 Å². The number of carboxylic acid groups (broad SMARTS) is 2. The molecular formula is C22H29F2NO5S. The number of carboxylic acids is 2. The number of carbonyl (C=O) groups is 3. The molecule has 1 aliphatic heterocycles. The normalized spacial score (nSPS) is 29.4. The van der Waals surface area contributed by atoms with Crippen molar-refractivity contribution in [2.45, 2.75) is 64.0 Å². The maximum Gasteiger partial charge on any atom is 0.320 e. The van der Waals surface area contributed by atoms with Gasteiger partial charge in [0.2, 0.25) is 5.91 Å². The first-order valence-electron chi connectivity index (χ1n) is 10.0. The van der Waals surface area contributed by atoms with Gasteiger partial charge in [-0.2, -0.15) is 0 Å². The molecule has 1 aromatic rings. The van der Waals surface area contributed by atoms with E-state index in [0.717, 1.165) is 23.9 Å². The second-order valence-electron chi connectivity index (χ2n) is 9.27. The summed E-state index contributed by atoms with van der Waals surface area (Å²) in [5, 5.41) is 21.8. The van der Waals surface area contributed by atoms with Gasteiger partial charge < -0.3 is 15.5 Å². The highest BCUT2D eigenvalue weighted by Crippen LogP contribution is 2.63. The highest BCUT2D eigenvalue weighted by Gasteiger charge is 2.70. The maximum absolute atomic E-state index is 13.7. The van der Waals surface area contributed by atoms with Crippen LogP contribution in [0.15, 0.2) is 18.2 Å². The summed E-state index contributed by atoms with van der Waals surface area (Å²) in [6.45, 7) is 9.85. The Morgan fingerprint density at radius 3 is 2.03 bits per heavy atom. The number of nitrogens with one attached hydrogen (secondary N) is 1. The summed E-state index contributed by atoms with van der Waals surface area (Å²) in [4.78, 5) is 37.8. The number of rotatable bonds is 6. The van der Waals surface area contributed by atoms with Crippen LogP contribution in [0.5, 0.6) is 0 Å². The molecule has 31 heavy (non-hydrogen) atoms. The van der Waals surface area contributed by atoms with Gasteiger partial charge in [-0.25, -0.2) is 8.78 Å². The van der Waals surface area contributed by atoms with E-state index in [1.54, 1.807) is 34.6 Å². The van der Waals surface area contributed by atoms with E-state index in [2.05, 4.69) is 5.32 Å². The lowest BCUT2D eigenvalue weighted by Crippen LogP contribution is -2.54. The van der Waals surface area contributed by atoms with Crippen molar-refractivity contribution in [1.82, 2.24) is 5.32 Å². The molecule has 0 aliphatic carbocycles. The lowest BCUT2D eigenvalue weighted by atomic mass is 9.63. The van der Waals surface area contributed by atoms with Gasteiger partial charge in [0.1, 0.15) is 16.4 Å². The van der Waals surface area contributed by atoms with Gasteiger partial charge >= 0.3 is 11.9 Å². The zero-order valence-electron chi connectivity index (χ0n) is 18.5. The molecule has 0 saturated carbocycles. The third kappa shape index (κ3) is 4.04. The molecule has 1 amide bonds. The molecule has 0 radical (unpaired) electrons. The summed E-state index contributed by atoms with van der Waals surface area (Å²) in [7, 11) is 0. The minimum absolute atomic E-state index is 0.130. The SMILES string of the molecule is CCC(C(=O)NC1SC(C(=O)O)(C(C)(C)C)C(C)C1(C)C(=O)O)c1cc(F)cc(F)c1. The molecule has 0 aromatic heterocycles. The molecule has 5 atom stereocenters. The van der Waals surface area contributed by atoms with Crippen LogP contribution >= 0.6 is 11.8 Å². The summed E-state index contributed by atoms with van der Waals surface area (Å²) in [5.41, 5.74) is -2.28. The van der Waals surface area contributed by atoms with E-state index < -0.39 is 62.3 Å². The van der Waals surface area contributed by atoms with Gasteiger partial charge in [0, 0.05) is 12.0 Å². The molecule has 0 spiro atoms. The molecule has 1 saturated heterocycles. The summed E-state index contributed by atoms with van der Waals surface area (Å²) < 4.78 is 25.9. The second kappa shape index (κ2) is 8.41. The first kappa shape index (κ1) is 25.1. The molecule has 1 aliphatic rings. The molecule has 1 fully saturated rings. The topological polar surface area (TPSA) is 104 Å². The number of benzene rings is 1. The molecular weight excluding hydrogens is 428 g/mol. The van der Waals surface area contributed by atoms with E-state index in [1.807, 2.05) is 0 Å².